The van der Waals surface area contributed by atoms with Crippen LogP contribution in [0.25, 0.3) is 0 Å². The van der Waals surface area contributed by atoms with Gasteiger partial charge in [0, 0.05) is 41.9 Å². The molecule has 6 amide bonds. The summed E-state index contributed by atoms with van der Waals surface area (Å²) in [6.07, 6.45) is 2.92. The molecule has 3 aromatic carbocycles. The molecule has 54 heavy (non-hydrogen) atoms. The second kappa shape index (κ2) is 18.6. The molecule has 0 bridgehead atoms. The van der Waals surface area contributed by atoms with Crippen LogP contribution in [-0.4, -0.2) is 65.4 Å². The van der Waals surface area contributed by atoms with E-state index in [2.05, 4.69) is 16.0 Å². The number of hydrogen-bond acceptors (Lipinski definition) is 8. The first-order valence-corrected chi connectivity index (χ1v) is 18.0. The molecule has 1 saturated heterocycles. The van der Waals surface area contributed by atoms with Crippen molar-refractivity contribution in [1.29, 1.82) is 0 Å². The molecular weight excluding hydrogens is 701 g/mol. The number of carbonyl (C=O) groups excluding carboxylic acids is 5. The van der Waals surface area contributed by atoms with Crippen LogP contribution >= 0.6 is 0 Å². The fourth-order valence-corrected chi connectivity index (χ4v) is 7.28. The number of carboxylic acids is 1. The number of carbonyl (C=O) groups is 5. The maximum atomic E-state index is 14.6. The molecule has 282 valence electrons. The van der Waals surface area contributed by atoms with Crippen molar-refractivity contribution in [2.45, 2.75) is 89.9 Å². The maximum absolute atomic E-state index is 14.6. The van der Waals surface area contributed by atoms with Gasteiger partial charge in [-0.1, -0.05) is 63.4 Å². The van der Waals surface area contributed by atoms with Crippen molar-refractivity contribution < 1.29 is 68.1 Å². The fourth-order valence-electron chi connectivity index (χ4n) is 7.28. The van der Waals surface area contributed by atoms with Crippen molar-refractivity contribution in [3.63, 3.8) is 0 Å². The summed E-state index contributed by atoms with van der Waals surface area (Å²) in [5.74, 6) is -1.81. The predicted molar refractivity (Wildman–Crippen MR) is 197 cm³/mol. The number of anilines is 2. The Balaban J connectivity index is 0.00000650. The molecule has 5 rings (SSSR count). The van der Waals surface area contributed by atoms with Gasteiger partial charge in [0.1, 0.15) is 23.1 Å². The van der Waals surface area contributed by atoms with Crippen LogP contribution < -0.4 is 60.1 Å². The number of imide groups is 1. The molecule has 1 heterocycles. The summed E-state index contributed by atoms with van der Waals surface area (Å²) in [7, 11) is 2.91. The zero-order valence-corrected chi connectivity index (χ0v) is 33.9. The normalized spacial score (nSPS) is 16.0. The first kappa shape index (κ1) is 42.2. The van der Waals surface area contributed by atoms with E-state index in [1.54, 1.807) is 47.4 Å². The van der Waals surface area contributed by atoms with Gasteiger partial charge >= 0.3 is 41.6 Å². The second-order valence-electron chi connectivity index (χ2n) is 14.1. The summed E-state index contributed by atoms with van der Waals surface area (Å²) in [6.45, 7) is 5.80. The first-order chi connectivity index (χ1) is 25.4. The Kier molecular flexibility index (Phi) is 14.5. The van der Waals surface area contributed by atoms with Gasteiger partial charge in [-0.3, -0.25) is 9.59 Å². The summed E-state index contributed by atoms with van der Waals surface area (Å²) < 4.78 is 10.8. The molecule has 3 aromatic rings. The molecule has 1 saturated carbocycles. The number of carboxylic acid groups (broad SMARTS) is 1. The third-order valence-corrected chi connectivity index (χ3v) is 10.0. The molecule has 13 nitrogen and oxygen atoms in total. The van der Waals surface area contributed by atoms with E-state index in [1.165, 1.54) is 14.2 Å². The minimum atomic E-state index is -1.40. The van der Waals surface area contributed by atoms with Crippen molar-refractivity contribution in [2.75, 3.05) is 24.9 Å². The van der Waals surface area contributed by atoms with Crippen LogP contribution in [0.2, 0.25) is 0 Å². The quantitative estimate of drug-likeness (QED) is 0.167. The molecule has 2 fully saturated rings. The minimum Gasteiger partial charge on any atom is -0.550 e. The Bertz CT molecular complexity index is 1830. The van der Waals surface area contributed by atoms with Gasteiger partial charge in [-0.05, 0) is 73.6 Å². The summed E-state index contributed by atoms with van der Waals surface area (Å²) in [4.78, 5) is 70.6. The van der Waals surface area contributed by atoms with Crippen LogP contribution in [0.5, 0.6) is 11.5 Å². The number of hydrogen-bond donors (Lipinski definition) is 3. The monoisotopic (exact) mass is 749 g/mol. The number of para-hydroxylation sites is 1. The van der Waals surface area contributed by atoms with Gasteiger partial charge in [-0.25, -0.2) is 14.5 Å². The molecule has 3 N–H and O–H groups in total. The molecule has 1 aliphatic carbocycles. The minimum absolute atomic E-state index is 0. The third-order valence-electron chi connectivity index (χ3n) is 10.0. The Morgan fingerprint density at radius 2 is 1.59 bits per heavy atom. The smallest absolute Gasteiger partial charge is 0.550 e. The number of benzene rings is 3. The number of nitrogens with one attached hydrogen (secondary N) is 3. The molecular formula is C40H48N5NaO8. The van der Waals surface area contributed by atoms with Gasteiger partial charge in [0.15, 0.2) is 0 Å². The second-order valence-corrected chi connectivity index (χ2v) is 14.1. The Hall–Kier alpha value is -4.59. The molecule has 1 aliphatic heterocycles. The van der Waals surface area contributed by atoms with Crippen LogP contribution in [-0.2, 0) is 20.9 Å². The van der Waals surface area contributed by atoms with E-state index in [1.807, 2.05) is 45.0 Å². The van der Waals surface area contributed by atoms with Crippen molar-refractivity contribution in [2.24, 2.45) is 5.92 Å². The average Bonchev–Trinajstić information content (AvgIpc) is 3.32. The summed E-state index contributed by atoms with van der Waals surface area (Å²) in [5.41, 5.74) is 2.17. The number of ether oxygens (including phenoxy) is 2. The molecule has 0 unspecified atom stereocenters. The van der Waals surface area contributed by atoms with Crippen molar-refractivity contribution in [1.82, 2.24) is 15.1 Å². The van der Waals surface area contributed by atoms with E-state index < -0.39 is 53.9 Å². The Labute approximate surface area is 338 Å². The van der Waals surface area contributed by atoms with Crippen LogP contribution in [0, 0.1) is 12.8 Å². The van der Waals surface area contributed by atoms with E-state index >= 15 is 0 Å². The van der Waals surface area contributed by atoms with E-state index in [9.17, 15) is 29.1 Å². The number of aryl methyl sites for hydroxylation is 1. The van der Waals surface area contributed by atoms with Gasteiger partial charge in [0.05, 0.1) is 20.3 Å². The first-order valence-electron chi connectivity index (χ1n) is 18.0. The largest absolute Gasteiger partial charge is 1.00 e. The van der Waals surface area contributed by atoms with Gasteiger partial charge < -0.3 is 40.2 Å². The van der Waals surface area contributed by atoms with E-state index in [0.717, 1.165) is 35.3 Å². The molecule has 0 radical (unpaired) electrons. The van der Waals surface area contributed by atoms with Gasteiger partial charge in [-0.2, -0.15) is 0 Å². The topological polar surface area (TPSA) is 169 Å². The van der Waals surface area contributed by atoms with E-state index in [4.69, 9.17) is 9.47 Å². The molecule has 1 spiro atoms. The van der Waals surface area contributed by atoms with Crippen LogP contribution in [0.4, 0.5) is 21.0 Å². The number of nitrogens with zero attached hydrogens (tertiary/aromatic N) is 2. The van der Waals surface area contributed by atoms with Crippen LogP contribution in [0.1, 0.15) is 81.5 Å². The summed E-state index contributed by atoms with van der Waals surface area (Å²) in [6, 6.07) is 16.1. The third kappa shape index (κ3) is 9.55. The van der Waals surface area contributed by atoms with E-state index in [0.29, 0.717) is 41.3 Å². The number of amides is 6. The summed E-state index contributed by atoms with van der Waals surface area (Å²) >= 11 is 0. The Morgan fingerprint density at radius 3 is 2.20 bits per heavy atom. The van der Waals surface area contributed by atoms with Crippen molar-refractivity contribution in [3.8, 4) is 11.5 Å². The zero-order valence-electron chi connectivity index (χ0n) is 31.9. The van der Waals surface area contributed by atoms with Gasteiger partial charge in [0.25, 0.3) is 5.91 Å². The maximum Gasteiger partial charge on any atom is 1.00 e. The average molecular weight is 750 g/mol. The number of methoxy groups -OCH3 is 2. The fraction of sp³-hybridized carbons (Fsp3) is 0.425. The van der Waals surface area contributed by atoms with E-state index in [-0.39, 0.29) is 48.4 Å². The standard InChI is InChI=1S/C40H49N5O8.Na/c1-25(2)21-33(36(48)42-32(23-35(46)47)30-18-17-29(52-4)22-34(30)53-5)45-37(49)40(19-9-6-10-20-40)44(39(45)51)24-27-13-15-28(16-14-27)41-38(50)43-31-12-8-7-11-26(31)3;/h7-8,11-18,22,25,32-33H,6,9-10,19-21,23-24H2,1-5H3,(H,42,48)(H,46,47)(H2,41,43,50);/q;+1/p-1/t32-,33-;/m0./s1. The van der Waals surface area contributed by atoms with Gasteiger partial charge in [0.2, 0.25) is 5.91 Å². The molecule has 2 aliphatic rings. The van der Waals surface area contributed by atoms with Gasteiger partial charge in [-0.15, -0.1) is 0 Å². The van der Waals surface area contributed by atoms with Crippen molar-refractivity contribution in [3.05, 3.63) is 83.4 Å². The summed E-state index contributed by atoms with van der Waals surface area (Å²) in [5, 5.41) is 20.4. The SMILES string of the molecule is COc1ccc([C@H](CC(=O)[O-])NC(=O)[C@H](CC(C)C)N2C(=O)N(Cc3ccc(NC(=O)Nc4ccccc4C)cc3)C3(CCCCC3)C2=O)c(OC)c1.[Na+]. The molecule has 0 aromatic heterocycles. The zero-order chi connectivity index (χ0) is 38.3. The number of rotatable bonds is 14. The number of aliphatic carboxylic acids is 1. The number of urea groups is 2. The van der Waals surface area contributed by atoms with Crippen molar-refractivity contribution >= 4 is 41.2 Å². The predicted octanol–water partition coefficient (Wildman–Crippen LogP) is 2.54. The Morgan fingerprint density at radius 1 is 0.907 bits per heavy atom. The van der Waals surface area contributed by atoms with Crippen LogP contribution in [0.15, 0.2) is 66.7 Å². The molecule has 14 heteroatoms. The molecule has 2 atom stereocenters. The van der Waals surface area contributed by atoms with Crippen LogP contribution in [0.3, 0.4) is 0 Å².